The molecule has 0 aromatic heterocycles. The summed E-state index contributed by atoms with van der Waals surface area (Å²) in [7, 11) is -4.57. The average Bonchev–Trinajstić information content (AvgIpc) is 2.34. The second-order valence-corrected chi connectivity index (χ2v) is 8.82. The number of benzene rings is 1. The van der Waals surface area contributed by atoms with Gasteiger partial charge in [0.05, 0.1) is 10.8 Å². The summed E-state index contributed by atoms with van der Waals surface area (Å²) in [5, 5.41) is 0. The highest BCUT2D eigenvalue weighted by molar-refractivity contribution is 7.85. The van der Waals surface area contributed by atoms with E-state index in [9.17, 15) is 22.6 Å². The van der Waals surface area contributed by atoms with Crippen LogP contribution in [0, 0.1) is 10.8 Å². The lowest BCUT2D eigenvalue weighted by atomic mass is 9.97. The molecule has 0 spiro atoms. The van der Waals surface area contributed by atoms with Gasteiger partial charge in [-0.25, -0.2) is 0 Å². The van der Waals surface area contributed by atoms with E-state index in [-0.39, 0.29) is 11.5 Å². The molecule has 0 aliphatic rings. The topological polar surface area (TPSA) is 107 Å². The molecule has 0 fully saturated rings. The van der Waals surface area contributed by atoms with Crippen LogP contribution in [0.15, 0.2) is 23.1 Å². The zero-order valence-electron chi connectivity index (χ0n) is 14.5. The van der Waals surface area contributed by atoms with Crippen LogP contribution >= 0.6 is 0 Å². The number of hydrogen-bond acceptors (Lipinski definition) is 6. The fraction of sp³-hybridized carbons (Fsp3) is 0.500. The normalized spacial score (nSPS) is 12.6. The summed E-state index contributed by atoms with van der Waals surface area (Å²) >= 11 is 0. The van der Waals surface area contributed by atoms with Crippen LogP contribution in [-0.2, 0) is 19.7 Å². The smallest absolute Gasteiger partial charge is 0.316 e. The Hall–Kier alpha value is -1.93. The minimum atomic E-state index is -4.57. The molecule has 1 aromatic rings. The third-order valence-corrected chi connectivity index (χ3v) is 3.63. The van der Waals surface area contributed by atoms with Gasteiger partial charge in [-0.3, -0.25) is 14.1 Å². The first-order chi connectivity index (χ1) is 10.6. The molecule has 0 saturated carbocycles. The van der Waals surface area contributed by atoms with E-state index in [2.05, 4.69) is 0 Å². The van der Waals surface area contributed by atoms with E-state index < -0.39 is 37.8 Å². The predicted octanol–water partition coefficient (Wildman–Crippen LogP) is 2.84. The standard InChI is InChI=1S/C16H22O7S/c1-15(2,3)13(17)22-10-7-11(23-14(18)16(4,5)6)9-12(8-10)24(19,20)21/h7-9H,1-6H3,(H,19,20,21). The van der Waals surface area contributed by atoms with E-state index in [1.165, 1.54) is 6.07 Å². The molecule has 0 amide bonds. The van der Waals surface area contributed by atoms with Crippen LogP contribution in [0.4, 0.5) is 0 Å². The number of carbonyl (C=O) groups is 2. The predicted molar refractivity (Wildman–Crippen MR) is 86.4 cm³/mol. The Kier molecular flexibility index (Phi) is 5.47. The van der Waals surface area contributed by atoms with Crippen LogP contribution in [0.3, 0.4) is 0 Å². The van der Waals surface area contributed by atoms with Crippen molar-refractivity contribution in [2.24, 2.45) is 10.8 Å². The van der Waals surface area contributed by atoms with Crippen LogP contribution in [0.1, 0.15) is 41.5 Å². The summed E-state index contributed by atoms with van der Waals surface area (Å²) in [6, 6.07) is 3.17. The molecule has 0 bridgehead atoms. The third kappa shape index (κ3) is 5.61. The van der Waals surface area contributed by atoms with Gasteiger partial charge < -0.3 is 9.47 Å². The maximum Gasteiger partial charge on any atom is 0.316 e. The molecule has 1 rings (SSSR count). The van der Waals surface area contributed by atoms with Crippen LogP contribution < -0.4 is 9.47 Å². The van der Waals surface area contributed by atoms with Crippen LogP contribution in [0.25, 0.3) is 0 Å². The number of carbonyl (C=O) groups excluding carboxylic acids is 2. The Balaban J connectivity index is 3.28. The number of esters is 2. The van der Waals surface area contributed by atoms with E-state index in [0.717, 1.165) is 12.1 Å². The summed E-state index contributed by atoms with van der Waals surface area (Å²) in [5.74, 6) is -1.52. The molecule has 0 aliphatic heterocycles. The molecule has 0 unspecified atom stereocenters. The summed E-state index contributed by atoms with van der Waals surface area (Å²) in [5.41, 5.74) is -1.65. The van der Waals surface area contributed by atoms with Crippen LogP contribution in [0.2, 0.25) is 0 Å². The highest BCUT2D eigenvalue weighted by Gasteiger charge is 2.27. The molecule has 1 aromatic carbocycles. The van der Waals surface area contributed by atoms with Gasteiger partial charge in [-0.1, -0.05) is 0 Å². The molecular formula is C16H22O7S. The molecule has 24 heavy (non-hydrogen) atoms. The Morgan fingerprint density at radius 1 is 0.833 bits per heavy atom. The first kappa shape index (κ1) is 20.1. The summed E-state index contributed by atoms with van der Waals surface area (Å²) in [4.78, 5) is 23.3. The van der Waals surface area contributed by atoms with Crippen molar-refractivity contribution in [1.29, 1.82) is 0 Å². The molecule has 134 valence electrons. The average molecular weight is 358 g/mol. The molecule has 8 heteroatoms. The van der Waals surface area contributed by atoms with Crippen molar-refractivity contribution < 1.29 is 32.0 Å². The van der Waals surface area contributed by atoms with Crippen molar-refractivity contribution in [2.75, 3.05) is 0 Å². The third-order valence-electron chi connectivity index (χ3n) is 2.80. The SMILES string of the molecule is CC(C)(C)C(=O)Oc1cc(OC(=O)C(C)(C)C)cc(S(=O)(=O)O)c1. The molecule has 0 saturated heterocycles. The van der Waals surface area contributed by atoms with E-state index in [0.29, 0.717) is 0 Å². The second kappa shape index (κ2) is 6.52. The van der Waals surface area contributed by atoms with Gasteiger partial charge in [0.15, 0.2) is 0 Å². The molecule has 1 N–H and O–H groups in total. The monoisotopic (exact) mass is 358 g/mol. The van der Waals surface area contributed by atoms with Crippen molar-refractivity contribution in [3.05, 3.63) is 18.2 Å². The van der Waals surface area contributed by atoms with E-state index in [1.807, 2.05) is 0 Å². The van der Waals surface area contributed by atoms with E-state index >= 15 is 0 Å². The molecular weight excluding hydrogens is 336 g/mol. The minimum Gasteiger partial charge on any atom is -0.426 e. The largest absolute Gasteiger partial charge is 0.426 e. The van der Waals surface area contributed by atoms with Crippen LogP contribution in [0.5, 0.6) is 11.5 Å². The molecule has 0 atom stereocenters. The van der Waals surface area contributed by atoms with Gasteiger partial charge in [0.1, 0.15) is 16.4 Å². The van der Waals surface area contributed by atoms with Gasteiger partial charge in [-0.05, 0) is 41.5 Å². The zero-order valence-corrected chi connectivity index (χ0v) is 15.4. The number of ether oxygens (including phenoxy) is 2. The highest BCUT2D eigenvalue weighted by atomic mass is 32.2. The summed E-state index contributed by atoms with van der Waals surface area (Å²) in [6.07, 6.45) is 0. The van der Waals surface area contributed by atoms with Crippen molar-refractivity contribution in [3.8, 4) is 11.5 Å². The van der Waals surface area contributed by atoms with Crippen molar-refractivity contribution in [3.63, 3.8) is 0 Å². The molecule has 0 aliphatic carbocycles. The van der Waals surface area contributed by atoms with Crippen LogP contribution in [-0.4, -0.2) is 24.9 Å². The Morgan fingerprint density at radius 2 is 1.17 bits per heavy atom. The quantitative estimate of drug-likeness (QED) is 0.503. The van der Waals surface area contributed by atoms with Crippen molar-refractivity contribution in [1.82, 2.24) is 0 Å². The minimum absolute atomic E-state index is 0.151. The maximum atomic E-state index is 11.9. The van der Waals surface area contributed by atoms with E-state index in [1.54, 1.807) is 41.5 Å². The Bertz CT molecular complexity index is 703. The maximum absolute atomic E-state index is 11.9. The summed E-state index contributed by atoms with van der Waals surface area (Å²) < 4.78 is 42.2. The lowest BCUT2D eigenvalue weighted by molar-refractivity contribution is -0.143. The summed E-state index contributed by atoms with van der Waals surface area (Å²) in [6.45, 7) is 9.76. The Labute approximate surface area is 141 Å². The highest BCUT2D eigenvalue weighted by Crippen LogP contribution is 2.29. The lowest BCUT2D eigenvalue weighted by Crippen LogP contribution is -2.26. The number of rotatable bonds is 3. The fourth-order valence-electron chi connectivity index (χ4n) is 1.33. The lowest BCUT2D eigenvalue weighted by Gasteiger charge is -2.19. The van der Waals surface area contributed by atoms with E-state index in [4.69, 9.17) is 9.47 Å². The Morgan fingerprint density at radius 3 is 1.42 bits per heavy atom. The van der Waals surface area contributed by atoms with Gasteiger partial charge in [0.25, 0.3) is 10.1 Å². The van der Waals surface area contributed by atoms with Crippen molar-refractivity contribution in [2.45, 2.75) is 46.4 Å². The van der Waals surface area contributed by atoms with Gasteiger partial charge in [0.2, 0.25) is 0 Å². The second-order valence-electron chi connectivity index (χ2n) is 7.39. The van der Waals surface area contributed by atoms with Crippen molar-refractivity contribution >= 4 is 22.1 Å². The fourth-order valence-corrected chi connectivity index (χ4v) is 1.86. The molecule has 0 radical (unpaired) electrons. The van der Waals surface area contributed by atoms with Gasteiger partial charge in [0, 0.05) is 18.2 Å². The first-order valence-corrected chi connectivity index (χ1v) is 8.62. The molecule has 7 nitrogen and oxygen atoms in total. The van der Waals surface area contributed by atoms with Gasteiger partial charge in [-0.2, -0.15) is 8.42 Å². The molecule has 0 heterocycles. The first-order valence-electron chi connectivity index (χ1n) is 7.18. The zero-order chi connectivity index (χ0) is 18.9. The van der Waals surface area contributed by atoms with Gasteiger partial charge >= 0.3 is 11.9 Å². The number of hydrogen-bond donors (Lipinski definition) is 1. The van der Waals surface area contributed by atoms with Gasteiger partial charge in [-0.15, -0.1) is 0 Å².